The molecule has 1 fully saturated rings. The zero-order valence-corrected chi connectivity index (χ0v) is 11.2. The molecule has 100 valence electrons. The minimum absolute atomic E-state index is 0.845. The molecule has 1 saturated heterocycles. The third kappa shape index (κ3) is 3.37. The van der Waals surface area contributed by atoms with E-state index in [9.17, 15) is 0 Å². The Morgan fingerprint density at radius 3 is 2.61 bits per heavy atom. The summed E-state index contributed by atoms with van der Waals surface area (Å²) >= 11 is 0. The second kappa shape index (κ2) is 6.61. The van der Waals surface area contributed by atoms with E-state index in [1.807, 2.05) is 12.1 Å². The number of hydrogen-bond acceptors (Lipinski definition) is 4. The van der Waals surface area contributed by atoms with Gasteiger partial charge >= 0.3 is 0 Å². The van der Waals surface area contributed by atoms with Crippen molar-refractivity contribution in [3.63, 3.8) is 0 Å². The molecule has 1 aliphatic heterocycles. The van der Waals surface area contributed by atoms with Crippen LogP contribution < -0.4 is 14.8 Å². The van der Waals surface area contributed by atoms with Gasteiger partial charge in [-0.05, 0) is 18.1 Å². The molecule has 1 aromatic carbocycles. The highest BCUT2D eigenvalue weighted by molar-refractivity contribution is 5.40. The number of nitrogens with zero attached hydrogens (tertiary/aromatic N) is 1. The topological polar surface area (TPSA) is 33.7 Å². The minimum Gasteiger partial charge on any atom is -0.497 e. The molecule has 0 saturated carbocycles. The van der Waals surface area contributed by atoms with Gasteiger partial charge in [0.05, 0.1) is 14.2 Å². The van der Waals surface area contributed by atoms with Gasteiger partial charge in [-0.3, -0.25) is 0 Å². The smallest absolute Gasteiger partial charge is 0.125 e. The van der Waals surface area contributed by atoms with Crippen LogP contribution >= 0.6 is 0 Å². The van der Waals surface area contributed by atoms with Gasteiger partial charge < -0.3 is 19.7 Å². The van der Waals surface area contributed by atoms with Crippen molar-refractivity contribution in [3.05, 3.63) is 23.8 Å². The number of nitrogens with one attached hydrogen (secondary N) is 1. The van der Waals surface area contributed by atoms with Gasteiger partial charge in [0.2, 0.25) is 0 Å². The Hall–Kier alpha value is -1.26. The monoisotopic (exact) mass is 250 g/mol. The standard InChI is InChI=1S/C14H22N2O2/c1-17-13-4-3-12(14(11-13)18-2)5-8-16-9-6-15-7-10-16/h3-4,11,15H,5-10H2,1-2H3. The maximum Gasteiger partial charge on any atom is 0.125 e. The van der Waals surface area contributed by atoms with Gasteiger partial charge in [-0.15, -0.1) is 0 Å². The third-order valence-corrected chi connectivity index (χ3v) is 3.40. The summed E-state index contributed by atoms with van der Waals surface area (Å²) in [6.45, 7) is 5.56. The van der Waals surface area contributed by atoms with Crippen molar-refractivity contribution < 1.29 is 9.47 Å². The van der Waals surface area contributed by atoms with Crippen LogP contribution in [0.2, 0.25) is 0 Å². The molecule has 0 aliphatic carbocycles. The van der Waals surface area contributed by atoms with Gasteiger partial charge in [0, 0.05) is 38.8 Å². The molecule has 4 heteroatoms. The zero-order valence-electron chi connectivity index (χ0n) is 11.2. The lowest BCUT2D eigenvalue weighted by Gasteiger charge is -2.27. The fourth-order valence-corrected chi connectivity index (χ4v) is 2.27. The number of methoxy groups -OCH3 is 2. The Labute approximate surface area is 109 Å². The first-order valence-corrected chi connectivity index (χ1v) is 6.47. The quantitative estimate of drug-likeness (QED) is 0.850. The van der Waals surface area contributed by atoms with E-state index in [0.29, 0.717) is 0 Å². The number of rotatable bonds is 5. The predicted molar refractivity (Wildman–Crippen MR) is 72.6 cm³/mol. The molecule has 1 heterocycles. The van der Waals surface area contributed by atoms with E-state index in [0.717, 1.165) is 50.6 Å². The molecule has 0 atom stereocenters. The number of piperazine rings is 1. The van der Waals surface area contributed by atoms with Gasteiger partial charge in [-0.1, -0.05) is 6.07 Å². The first-order valence-electron chi connectivity index (χ1n) is 6.47. The summed E-state index contributed by atoms with van der Waals surface area (Å²) in [6, 6.07) is 6.04. The van der Waals surface area contributed by atoms with E-state index >= 15 is 0 Å². The fourth-order valence-electron chi connectivity index (χ4n) is 2.27. The molecule has 1 aromatic rings. The third-order valence-electron chi connectivity index (χ3n) is 3.40. The maximum atomic E-state index is 5.42. The Morgan fingerprint density at radius 2 is 1.94 bits per heavy atom. The van der Waals surface area contributed by atoms with E-state index in [1.54, 1.807) is 14.2 Å². The largest absolute Gasteiger partial charge is 0.497 e. The SMILES string of the molecule is COc1ccc(CCN2CCNCC2)c(OC)c1. The molecule has 2 rings (SSSR count). The number of benzene rings is 1. The van der Waals surface area contributed by atoms with Crippen molar-refractivity contribution in [3.8, 4) is 11.5 Å². The van der Waals surface area contributed by atoms with Crippen molar-refractivity contribution in [1.82, 2.24) is 10.2 Å². The van der Waals surface area contributed by atoms with Crippen LogP contribution in [0.1, 0.15) is 5.56 Å². The van der Waals surface area contributed by atoms with Gasteiger partial charge in [0.15, 0.2) is 0 Å². The minimum atomic E-state index is 0.845. The highest BCUT2D eigenvalue weighted by atomic mass is 16.5. The molecule has 0 bridgehead atoms. The van der Waals surface area contributed by atoms with E-state index in [2.05, 4.69) is 16.3 Å². The summed E-state index contributed by atoms with van der Waals surface area (Å²) in [5.41, 5.74) is 1.25. The zero-order chi connectivity index (χ0) is 12.8. The average molecular weight is 250 g/mol. The Kier molecular flexibility index (Phi) is 4.84. The van der Waals surface area contributed by atoms with Crippen LogP contribution in [-0.4, -0.2) is 51.8 Å². The van der Waals surface area contributed by atoms with E-state index in [4.69, 9.17) is 9.47 Å². The molecule has 4 nitrogen and oxygen atoms in total. The van der Waals surface area contributed by atoms with Crippen molar-refractivity contribution in [1.29, 1.82) is 0 Å². The first kappa shape index (κ1) is 13.2. The van der Waals surface area contributed by atoms with Crippen LogP contribution in [0.5, 0.6) is 11.5 Å². The lowest BCUT2D eigenvalue weighted by atomic mass is 10.1. The fraction of sp³-hybridized carbons (Fsp3) is 0.571. The van der Waals surface area contributed by atoms with Gasteiger partial charge in [0.1, 0.15) is 11.5 Å². The van der Waals surface area contributed by atoms with E-state index < -0.39 is 0 Å². The van der Waals surface area contributed by atoms with E-state index in [1.165, 1.54) is 5.56 Å². The summed E-state index contributed by atoms with van der Waals surface area (Å²) < 4.78 is 10.6. The molecule has 0 unspecified atom stereocenters. The number of ether oxygens (including phenoxy) is 2. The van der Waals surface area contributed by atoms with Gasteiger partial charge in [-0.2, -0.15) is 0 Å². The molecule has 0 aromatic heterocycles. The number of hydrogen-bond donors (Lipinski definition) is 1. The average Bonchev–Trinajstić information content (AvgIpc) is 2.46. The molecule has 0 radical (unpaired) electrons. The summed E-state index contributed by atoms with van der Waals surface area (Å²) in [5.74, 6) is 1.77. The summed E-state index contributed by atoms with van der Waals surface area (Å²) in [4.78, 5) is 2.49. The van der Waals surface area contributed by atoms with Crippen LogP contribution in [-0.2, 0) is 6.42 Å². The van der Waals surface area contributed by atoms with Crippen molar-refractivity contribution >= 4 is 0 Å². The molecule has 18 heavy (non-hydrogen) atoms. The highest BCUT2D eigenvalue weighted by Gasteiger charge is 2.11. The summed E-state index contributed by atoms with van der Waals surface area (Å²) in [7, 11) is 3.39. The van der Waals surface area contributed by atoms with Crippen molar-refractivity contribution in [2.75, 3.05) is 46.9 Å². The van der Waals surface area contributed by atoms with Gasteiger partial charge in [-0.25, -0.2) is 0 Å². The van der Waals surface area contributed by atoms with Crippen LogP contribution in [0.3, 0.4) is 0 Å². The first-order chi connectivity index (χ1) is 8.83. The summed E-state index contributed by atoms with van der Waals surface area (Å²) in [5, 5.41) is 3.37. The Balaban J connectivity index is 1.95. The van der Waals surface area contributed by atoms with Gasteiger partial charge in [0.25, 0.3) is 0 Å². The van der Waals surface area contributed by atoms with Crippen LogP contribution in [0.4, 0.5) is 0 Å². The van der Waals surface area contributed by atoms with Crippen molar-refractivity contribution in [2.24, 2.45) is 0 Å². The molecule has 1 aliphatic rings. The maximum absolute atomic E-state index is 5.42. The second-order valence-electron chi connectivity index (χ2n) is 4.52. The van der Waals surface area contributed by atoms with E-state index in [-0.39, 0.29) is 0 Å². The molecule has 0 spiro atoms. The Morgan fingerprint density at radius 1 is 1.17 bits per heavy atom. The van der Waals surface area contributed by atoms with Crippen LogP contribution in [0, 0.1) is 0 Å². The van der Waals surface area contributed by atoms with Crippen LogP contribution in [0.15, 0.2) is 18.2 Å². The highest BCUT2D eigenvalue weighted by Crippen LogP contribution is 2.25. The lowest BCUT2D eigenvalue weighted by molar-refractivity contribution is 0.243. The van der Waals surface area contributed by atoms with Crippen LogP contribution in [0.25, 0.3) is 0 Å². The normalized spacial score (nSPS) is 16.6. The van der Waals surface area contributed by atoms with Crippen molar-refractivity contribution in [2.45, 2.75) is 6.42 Å². The molecular weight excluding hydrogens is 228 g/mol. The summed E-state index contributed by atoms with van der Waals surface area (Å²) in [6.07, 6.45) is 1.02. The molecule has 1 N–H and O–H groups in total. The molecular formula is C14H22N2O2. The lowest BCUT2D eigenvalue weighted by Crippen LogP contribution is -2.44. The predicted octanol–water partition coefficient (Wildman–Crippen LogP) is 1.15. The second-order valence-corrected chi connectivity index (χ2v) is 4.52. The Bertz CT molecular complexity index is 376. The molecule has 0 amide bonds.